The first-order valence-electron chi connectivity index (χ1n) is 8.98. The monoisotopic (exact) mass is 334 g/mol. The highest BCUT2D eigenvalue weighted by Crippen LogP contribution is 2.13. The number of aromatic nitrogens is 4. The standard InChI is InChI=1S/C12H16N2.C9H10N2/c1-10(2)7-8-14-9-13-11-5-3-4-6-12(11)14;1-2-11-7-10-8-5-3-4-6-9(8)11/h3-6,9-10H,7-8H2,1-2H3;3-7H,2H2,1H3. The molecule has 4 aromatic rings. The molecule has 0 aliphatic heterocycles. The predicted octanol–water partition coefficient (Wildman–Crippen LogP) is 5.14. The third-order valence-electron chi connectivity index (χ3n) is 4.34. The highest BCUT2D eigenvalue weighted by molar-refractivity contribution is 5.75. The molecule has 0 saturated carbocycles. The zero-order chi connectivity index (χ0) is 17.6. The molecule has 0 N–H and O–H groups in total. The summed E-state index contributed by atoms with van der Waals surface area (Å²) in [4.78, 5) is 8.61. The molecule has 0 spiro atoms. The lowest BCUT2D eigenvalue weighted by atomic mass is 10.1. The Morgan fingerprint density at radius 2 is 1.32 bits per heavy atom. The van der Waals surface area contributed by atoms with E-state index in [1.54, 1.807) is 0 Å². The van der Waals surface area contributed by atoms with Crippen molar-refractivity contribution in [2.75, 3.05) is 0 Å². The van der Waals surface area contributed by atoms with Crippen LogP contribution < -0.4 is 0 Å². The minimum atomic E-state index is 0.746. The van der Waals surface area contributed by atoms with Gasteiger partial charge in [0.1, 0.15) is 0 Å². The maximum Gasteiger partial charge on any atom is 0.0958 e. The van der Waals surface area contributed by atoms with Crippen LogP contribution in [0, 0.1) is 5.92 Å². The van der Waals surface area contributed by atoms with Gasteiger partial charge in [-0.3, -0.25) is 0 Å². The summed E-state index contributed by atoms with van der Waals surface area (Å²) in [5.41, 5.74) is 4.63. The van der Waals surface area contributed by atoms with Gasteiger partial charge in [-0.15, -0.1) is 0 Å². The summed E-state index contributed by atoms with van der Waals surface area (Å²) in [6.45, 7) is 8.67. The zero-order valence-electron chi connectivity index (χ0n) is 15.3. The van der Waals surface area contributed by atoms with Crippen molar-refractivity contribution >= 4 is 22.1 Å². The second-order valence-electron chi connectivity index (χ2n) is 6.63. The molecule has 25 heavy (non-hydrogen) atoms. The molecule has 2 heterocycles. The number of imidazole rings is 2. The van der Waals surface area contributed by atoms with Crippen molar-refractivity contribution in [1.82, 2.24) is 19.1 Å². The van der Waals surface area contributed by atoms with Gasteiger partial charge in [0.25, 0.3) is 0 Å². The maximum atomic E-state index is 4.36. The lowest BCUT2D eigenvalue weighted by Crippen LogP contribution is -1.99. The van der Waals surface area contributed by atoms with E-state index in [2.05, 4.69) is 64.1 Å². The second kappa shape index (κ2) is 7.97. The van der Waals surface area contributed by atoms with E-state index < -0.39 is 0 Å². The van der Waals surface area contributed by atoms with Gasteiger partial charge >= 0.3 is 0 Å². The molecule has 4 nitrogen and oxygen atoms in total. The molecule has 0 fully saturated rings. The molecule has 0 unspecified atom stereocenters. The normalized spacial score (nSPS) is 11.0. The topological polar surface area (TPSA) is 35.6 Å². The Bertz CT molecular complexity index is 933. The van der Waals surface area contributed by atoms with Crippen LogP contribution in [0.2, 0.25) is 0 Å². The number of aryl methyl sites for hydroxylation is 2. The van der Waals surface area contributed by atoms with Crippen LogP contribution in [0.4, 0.5) is 0 Å². The van der Waals surface area contributed by atoms with Crippen LogP contribution in [0.1, 0.15) is 27.2 Å². The van der Waals surface area contributed by atoms with Crippen LogP contribution in [-0.4, -0.2) is 19.1 Å². The lowest BCUT2D eigenvalue weighted by molar-refractivity contribution is 0.523. The molecule has 130 valence electrons. The van der Waals surface area contributed by atoms with Gasteiger partial charge < -0.3 is 9.13 Å². The van der Waals surface area contributed by atoms with Gasteiger partial charge in [-0.05, 0) is 43.5 Å². The van der Waals surface area contributed by atoms with E-state index in [4.69, 9.17) is 0 Å². The average molecular weight is 334 g/mol. The van der Waals surface area contributed by atoms with E-state index in [1.165, 1.54) is 17.5 Å². The molecular formula is C21H26N4. The first-order valence-corrected chi connectivity index (χ1v) is 8.98. The number of hydrogen-bond donors (Lipinski definition) is 0. The van der Waals surface area contributed by atoms with E-state index in [1.807, 2.05) is 36.9 Å². The van der Waals surface area contributed by atoms with Gasteiger partial charge in [-0.25, -0.2) is 9.97 Å². The second-order valence-corrected chi connectivity index (χ2v) is 6.63. The molecular weight excluding hydrogens is 308 g/mol. The number of benzene rings is 2. The Morgan fingerprint density at radius 3 is 1.88 bits per heavy atom. The molecule has 2 aromatic carbocycles. The molecule has 0 aliphatic rings. The fraction of sp³-hybridized carbons (Fsp3) is 0.333. The quantitative estimate of drug-likeness (QED) is 0.518. The summed E-state index contributed by atoms with van der Waals surface area (Å²) in [6, 6.07) is 16.4. The maximum absolute atomic E-state index is 4.36. The van der Waals surface area contributed by atoms with Gasteiger partial charge in [0.15, 0.2) is 0 Å². The van der Waals surface area contributed by atoms with Gasteiger partial charge in [0, 0.05) is 13.1 Å². The number of fused-ring (bicyclic) bond motifs is 2. The molecule has 0 saturated heterocycles. The Hall–Kier alpha value is -2.62. The van der Waals surface area contributed by atoms with Gasteiger partial charge in [0.05, 0.1) is 34.7 Å². The average Bonchev–Trinajstić information content (AvgIpc) is 3.24. The molecule has 0 amide bonds. The van der Waals surface area contributed by atoms with Gasteiger partial charge in [-0.2, -0.15) is 0 Å². The van der Waals surface area contributed by atoms with Crippen molar-refractivity contribution in [3.63, 3.8) is 0 Å². The largest absolute Gasteiger partial charge is 0.331 e. The van der Waals surface area contributed by atoms with Crippen molar-refractivity contribution in [2.45, 2.75) is 40.3 Å². The SMILES string of the molecule is CC(C)CCn1cnc2ccccc21.CCn1cnc2ccccc21. The predicted molar refractivity (Wildman–Crippen MR) is 105 cm³/mol. The van der Waals surface area contributed by atoms with Crippen molar-refractivity contribution in [1.29, 1.82) is 0 Å². The lowest BCUT2D eigenvalue weighted by Gasteiger charge is -2.06. The third-order valence-corrected chi connectivity index (χ3v) is 4.34. The smallest absolute Gasteiger partial charge is 0.0958 e. The van der Waals surface area contributed by atoms with Crippen LogP contribution in [0.25, 0.3) is 22.1 Å². The summed E-state index contributed by atoms with van der Waals surface area (Å²) < 4.78 is 4.37. The first-order chi connectivity index (χ1) is 12.2. The van der Waals surface area contributed by atoms with Crippen molar-refractivity contribution in [3.05, 3.63) is 61.2 Å². The van der Waals surface area contributed by atoms with Crippen LogP contribution in [-0.2, 0) is 13.1 Å². The van der Waals surface area contributed by atoms with Crippen LogP contribution >= 0.6 is 0 Å². The van der Waals surface area contributed by atoms with E-state index >= 15 is 0 Å². The summed E-state index contributed by atoms with van der Waals surface area (Å²) >= 11 is 0. The first kappa shape index (κ1) is 17.2. The summed E-state index contributed by atoms with van der Waals surface area (Å²) in [5, 5.41) is 0. The molecule has 4 heteroatoms. The highest BCUT2D eigenvalue weighted by Gasteiger charge is 2.01. The van der Waals surface area contributed by atoms with Crippen molar-refractivity contribution < 1.29 is 0 Å². The Morgan fingerprint density at radius 1 is 0.800 bits per heavy atom. The Kier molecular flexibility index (Phi) is 5.49. The fourth-order valence-corrected chi connectivity index (χ4v) is 2.85. The van der Waals surface area contributed by atoms with E-state index in [-0.39, 0.29) is 0 Å². The number of para-hydroxylation sites is 4. The van der Waals surface area contributed by atoms with Crippen LogP contribution in [0.15, 0.2) is 61.2 Å². The fourth-order valence-electron chi connectivity index (χ4n) is 2.85. The summed E-state index contributed by atoms with van der Waals surface area (Å²) in [7, 11) is 0. The summed E-state index contributed by atoms with van der Waals surface area (Å²) in [5.74, 6) is 0.746. The third kappa shape index (κ3) is 4.08. The van der Waals surface area contributed by atoms with E-state index in [9.17, 15) is 0 Å². The molecule has 2 aromatic heterocycles. The van der Waals surface area contributed by atoms with E-state index in [0.29, 0.717) is 0 Å². The zero-order valence-corrected chi connectivity index (χ0v) is 15.3. The number of hydrogen-bond acceptors (Lipinski definition) is 2. The summed E-state index contributed by atoms with van der Waals surface area (Å²) in [6.07, 6.45) is 5.03. The van der Waals surface area contributed by atoms with Crippen LogP contribution in [0.3, 0.4) is 0 Å². The van der Waals surface area contributed by atoms with E-state index in [0.717, 1.165) is 30.0 Å². The molecule has 0 atom stereocenters. The van der Waals surface area contributed by atoms with Crippen LogP contribution in [0.5, 0.6) is 0 Å². The number of rotatable bonds is 4. The minimum absolute atomic E-state index is 0.746. The molecule has 0 bridgehead atoms. The highest BCUT2D eigenvalue weighted by atomic mass is 15.0. The molecule has 0 radical (unpaired) electrons. The van der Waals surface area contributed by atoms with Gasteiger partial charge in [-0.1, -0.05) is 38.1 Å². The minimum Gasteiger partial charge on any atom is -0.331 e. The number of nitrogens with zero attached hydrogens (tertiary/aromatic N) is 4. The molecule has 4 rings (SSSR count). The molecule has 0 aliphatic carbocycles. The van der Waals surface area contributed by atoms with Crippen molar-refractivity contribution in [2.24, 2.45) is 5.92 Å². The Labute approximate surface area is 149 Å². The van der Waals surface area contributed by atoms with Gasteiger partial charge in [0.2, 0.25) is 0 Å². The Balaban J connectivity index is 0.000000150. The van der Waals surface area contributed by atoms with Crippen molar-refractivity contribution in [3.8, 4) is 0 Å².